The fraction of sp³-hybridized carbons (Fsp3) is 0.500. The Bertz CT molecular complexity index is 419. The number of anilines is 1. The number of amides is 2. The topological polar surface area (TPSA) is 104 Å². The van der Waals surface area contributed by atoms with Crippen molar-refractivity contribution in [1.82, 2.24) is 10.5 Å². The van der Waals surface area contributed by atoms with Gasteiger partial charge in [0.1, 0.15) is 6.54 Å². The van der Waals surface area contributed by atoms with Crippen LogP contribution in [0.5, 0.6) is 0 Å². The Morgan fingerprint density at radius 2 is 2.12 bits per heavy atom. The Kier molecular flexibility index (Phi) is 3.72. The maximum absolute atomic E-state index is 11.2. The Labute approximate surface area is 98.2 Å². The molecule has 0 aliphatic heterocycles. The average Bonchev–Trinajstić information content (AvgIpc) is 2.62. The van der Waals surface area contributed by atoms with Gasteiger partial charge >= 0.3 is 12.0 Å². The second-order valence-corrected chi connectivity index (χ2v) is 4.53. The van der Waals surface area contributed by atoms with Gasteiger partial charge in [-0.25, -0.2) is 4.79 Å². The number of aromatic nitrogens is 1. The Morgan fingerprint density at radius 1 is 1.47 bits per heavy atom. The van der Waals surface area contributed by atoms with Crippen molar-refractivity contribution in [2.45, 2.75) is 26.2 Å². The third-order valence-electron chi connectivity index (χ3n) is 1.92. The number of rotatable bonds is 3. The number of hydrogen-bond acceptors (Lipinski definition) is 4. The highest BCUT2D eigenvalue weighted by Crippen LogP contribution is 2.23. The maximum Gasteiger partial charge on any atom is 0.323 e. The summed E-state index contributed by atoms with van der Waals surface area (Å²) in [4.78, 5) is 21.4. The highest BCUT2D eigenvalue weighted by atomic mass is 16.5. The molecule has 0 aliphatic rings. The summed E-state index contributed by atoms with van der Waals surface area (Å²) in [6.07, 6.45) is 0. The Balaban J connectivity index is 2.55. The highest BCUT2D eigenvalue weighted by molar-refractivity contribution is 5.89. The standard InChI is InChI=1S/C10H15N3O4/c1-10(2,3)6-4-7(17-13-6)12-9(16)11-5-8(14)15/h4H,5H2,1-3H3,(H,14,15)(H2,11,12,16). The lowest BCUT2D eigenvalue weighted by atomic mass is 9.92. The van der Waals surface area contributed by atoms with Gasteiger partial charge in [0, 0.05) is 11.5 Å². The number of carbonyl (C=O) groups excluding carboxylic acids is 1. The first-order valence-electron chi connectivity index (χ1n) is 5.03. The van der Waals surface area contributed by atoms with Crippen molar-refractivity contribution < 1.29 is 19.2 Å². The van der Waals surface area contributed by atoms with Gasteiger partial charge in [0.15, 0.2) is 0 Å². The number of aliphatic carboxylic acids is 1. The third-order valence-corrected chi connectivity index (χ3v) is 1.92. The van der Waals surface area contributed by atoms with Crippen molar-refractivity contribution in [3.63, 3.8) is 0 Å². The molecule has 0 aliphatic carbocycles. The minimum atomic E-state index is -1.12. The fourth-order valence-corrected chi connectivity index (χ4v) is 1.000. The minimum Gasteiger partial charge on any atom is -0.480 e. The number of urea groups is 1. The van der Waals surface area contributed by atoms with Gasteiger partial charge in [-0.1, -0.05) is 25.9 Å². The number of carboxylic acid groups (broad SMARTS) is 1. The van der Waals surface area contributed by atoms with Crippen LogP contribution in [0.4, 0.5) is 10.7 Å². The Hall–Kier alpha value is -2.05. The average molecular weight is 241 g/mol. The van der Waals surface area contributed by atoms with Crippen LogP contribution in [-0.4, -0.2) is 28.8 Å². The molecule has 17 heavy (non-hydrogen) atoms. The molecule has 1 rings (SSSR count). The summed E-state index contributed by atoms with van der Waals surface area (Å²) >= 11 is 0. The maximum atomic E-state index is 11.2. The normalized spacial score (nSPS) is 11.0. The van der Waals surface area contributed by atoms with E-state index in [1.807, 2.05) is 20.8 Å². The van der Waals surface area contributed by atoms with E-state index in [0.29, 0.717) is 5.69 Å². The third kappa shape index (κ3) is 4.13. The number of carboxylic acids is 1. The number of hydrogen-bond donors (Lipinski definition) is 3. The zero-order valence-corrected chi connectivity index (χ0v) is 9.90. The first kappa shape index (κ1) is 13.0. The summed E-state index contributed by atoms with van der Waals surface area (Å²) in [7, 11) is 0. The molecule has 0 atom stereocenters. The molecule has 7 nitrogen and oxygen atoms in total. The second kappa shape index (κ2) is 4.86. The SMILES string of the molecule is CC(C)(C)c1cc(NC(=O)NCC(=O)O)on1. The van der Waals surface area contributed by atoms with Crippen LogP contribution in [0.3, 0.4) is 0 Å². The van der Waals surface area contributed by atoms with Crippen LogP contribution in [-0.2, 0) is 10.2 Å². The van der Waals surface area contributed by atoms with Crippen LogP contribution in [0.2, 0.25) is 0 Å². The van der Waals surface area contributed by atoms with Gasteiger partial charge in [-0.2, -0.15) is 0 Å². The van der Waals surface area contributed by atoms with Gasteiger partial charge in [0.25, 0.3) is 0 Å². The van der Waals surface area contributed by atoms with E-state index in [4.69, 9.17) is 9.63 Å². The molecular formula is C10H15N3O4. The Morgan fingerprint density at radius 3 is 2.59 bits per heavy atom. The predicted molar refractivity (Wildman–Crippen MR) is 59.9 cm³/mol. The molecular weight excluding hydrogens is 226 g/mol. The number of carbonyl (C=O) groups is 2. The second-order valence-electron chi connectivity index (χ2n) is 4.53. The zero-order chi connectivity index (χ0) is 13.1. The molecule has 94 valence electrons. The van der Waals surface area contributed by atoms with Crippen LogP contribution in [0.1, 0.15) is 26.5 Å². The van der Waals surface area contributed by atoms with Crippen LogP contribution >= 0.6 is 0 Å². The van der Waals surface area contributed by atoms with Gasteiger partial charge in [-0.3, -0.25) is 10.1 Å². The molecule has 0 radical (unpaired) electrons. The van der Waals surface area contributed by atoms with Crippen molar-refractivity contribution in [3.8, 4) is 0 Å². The van der Waals surface area contributed by atoms with Gasteiger partial charge in [-0.05, 0) is 0 Å². The van der Waals surface area contributed by atoms with Crippen molar-refractivity contribution in [2.75, 3.05) is 11.9 Å². The smallest absolute Gasteiger partial charge is 0.323 e. The largest absolute Gasteiger partial charge is 0.480 e. The molecule has 3 N–H and O–H groups in total. The summed E-state index contributed by atoms with van der Waals surface area (Å²) in [5, 5.41) is 16.7. The molecule has 0 spiro atoms. The van der Waals surface area contributed by atoms with E-state index in [1.54, 1.807) is 6.07 Å². The molecule has 1 aromatic heterocycles. The van der Waals surface area contributed by atoms with Crippen LogP contribution in [0.15, 0.2) is 10.6 Å². The van der Waals surface area contributed by atoms with Gasteiger partial charge in [-0.15, -0.1) is 0 Å². The minimum absolute atomic E-state index is 0.179. The van der Waals surface area contributed by atoms with E-state index in [-0.39, 0.29) is 11.3 Å². The fourth-order valence-electron chi connectivity index (χ4n) is 1.000. The summed E-state index contributed by atoms with van der Waals surface area (Å²) in [6, 6.07) is 0.949. The van der Waals surface area contributed by atoms with Crippen LogP contribution < -0.4 is 10.6 Å². The molecule has 2 amide bonds. The highest BCUT2D eigenvalue weighted by Gasteiger charge is 2.19. The summed E-state index contributed by atoms with van der Waals surface area (Å²) in [5.41, 5.74) is 0.520. The van der Waals surface area contributed by atoms with E-state index in [9.17, 15) is 9.59 Å². The molecule has 0 saturated carbocycles. The quantitative estimate of drug-likeness (QED) is 0.737. The van der Waals surface area contributed by atoms with Gasteiger partial charge in [0.05, 0.1) is 5.69 Å². The molecule has 0 saturated heterocycles. The lowest BCUT2D eigenvalue weighted by Gasteiger charge is -2.12. The predicted octanol–water partition coefficient (Wildman–Crippen LogP) is 1.18. The van der Waals surface area contributed by atoms with Crippen LogP contribution in [0, 0.1) is 0 Å². The molecule has 0 bridgehead atoms. The summed E-state index contributed by atoms with van der Waals surface area (Å²) < 4.78 is 4.90. The van der Waals surface area contributed by atoms with Crippen molar-refractivity contribution in [2.24, 2.45) is 0 Å². The van der Waals surface area contributed by atoms with E-state index >= 15 is 0 Å². The first-order chi connectivity index (χ1) is 7.79. The number of nitrogens with zero attached hydrogens (tertiary/aromatic N) is 1. The van der Waals surface area contributed by atoms with E-state index in [0.717, 1.165) is 0 Å². The first-order valence-corrected chi connectivity index (χ1v) is 5.03. The molecule has 0 fully saturated rings. The zero-order valence-electron chi connectivity index (χ0n) is 9.90. The monoisotopic (exact) mass is 241 g/mol. The van der Waals surface area contributed by atoms with Crippen molar-refractivity contribution in [1.29, 1.82) is 0 Å². The molecule has 0 aromatic carbocycles. The number of nitrogens with one attached hydrogen (secondary N) is 2. The van der Waals surface area contributed by atoms with Crippen molar-refractivity contribution >= 4 is 17.9 Å². The lowest BCUT2D eigenvalue weighted by Crippen LogP contribution is -2.33. The summed E-state index contributed by atoms with van der Waals surface area (Å²) in [6.45, 7) is 5.42. The van der Waals surface area contributed by atoms with Gasteiger partial charge in [0.2, 0.25) is 5.88 Å². The molecule has 0 unspecified atom stereocenters. The molecule has 1 aromatic rings. The van der Waals surface area contributed by atoms with Gasteiger partial charge < -0.3 is 14.9 Å². The summed E-state index contributed by atoms with van der Waals surface area (Å²) in [5.74, 6) is -0.939. The molecule has 1 heterocycles. The van der Waals surface area contributed by atoms with Crippen LogP contribution in [0.25, 0.3) is 0 Å². The van der Waals surface area contributed by atoms with Crippen molar-refractivity contribution in [3.05, 3.63) is 11.8 Å². The van der Waals surface area contributed by atoms with E-state index in [1.165, 1.54) is 0 Å². The molecule has 7 heteroatoms. The lowest BCUT2D eigenvalue weighted by molar-refractivity contribution is -0.135. The van der Waals surface area contributed by atoms with E-state index < -0.39 is 18.5 Å². The van der Waals surface area contributed by atoms with E-state index in [2.05, 4.69) is 15.8 Å².